The molecule has 7 heteroatoms. The first-order chi connectivity index (χ1) is 9.00. The van der Waals surface area contributed by atoms with Crippen LogP contribution in [0, 0.1) is 0 Å². The smallest absolute Gasteiger partial charge is 0.262 e. The summed E-state index contributed by atoms with van der Waals surface area (Å²) < 4.78 is 24.5. The number of hydrogen-bond acceptors (Lipinski definition) is 5. The number of fused-ring (bicyclic) bond motifs is 1. The number of aromatic nitrogens is 2. The molecule has 0 radical (unpaired) electrons. The Hall–Kier alpha value is -1.21. The minimum Gasteiger partial charge on any atom is -0.294 e. The van der Waals surface area contributed by atoms with Crippen molar-refractivity contribution in [3.63, 3.8) is 0 Å². The molecule has 0 aromatic carbocycles. The van der Waals surface area contributed by atoms with Crippen molar-refractivity contribution < 1.29 is 8.42 Å². The van der Waals surface area contributed by atoms with E-state index < -0.39 is 9.84 Å². The van der Waals surface area contributed by atoms with Gasteiger partial charge in [-0.3, -0.25) is 9.36 Å². The van der Waals surface area contributed by atoms with Gasteiger partial charge in [-0.1, -0.05) is 6.92 Å². The zero-order chi connectivity index (χ0) is 13.6. The summed E-state index contributed by atoms with van der Waals surface area (Å²) in [7, 11) is -3.00. The van der Waals surface area contributed by atoms with E-state index in [1.807, 2.05) is 13.0 Å². The van der Waals surface area contributed by atoms with Gasteiger partial charge in [0.1, 0.15) is 4.83 Å². The molecule has 102 valence electrons. The third-order valence-electron chi connectivity index (χ3n) is 3.48. The van der Waals surface area contributed by atoms with Crippen LogP contribution >= 0.6 is 11.3 Å². The van der Waals surface area contributed by atoms with E-state index in [2.05, 4.69) is 4.98 Å². The zero-order valence-electron chi connectivity index (χ0n) is 10.5. The molecule has 1 atom stereocenters. The van der Waals surface area contributed by atoms with Crippen LogP contribution in [-0.4, -0.2) is 29.5 Å². The molecule has 5 nitrogen and oxygen atoms in total. The van der Waals surface area contributed by atoms with Crippen molar-refractivity contribution in [2.75, 3.05) is 11.5 Å². The molecule has 0 amide bonds. The first kappa shape index (κ1) is 12.8. The molecular weight excluding hydrogens is 284 g/mol. The maximum Gasteiger partial charge on any atom is 0.262 e. The fourth-order valence-corrected chi connectivity index (χ4v) is 5.05. The van der Waals surface area contributed by atoms with Crippen LogP contribution in [0.1, 0.15) is 24.3 Å². The molecule has 1 aliphatic heterocycles. The summed E-state index contributed by atoms with van der Waals surface area (Å²) in [5, 5.41) is 0.605. The number of sulfone groups is 1. The van der Waals surface area contributed by atoms with E-state index in [4.69, 9.17) is 0 Å². The summed E-state index contributed by atoms with van der Waals surface area (Å²) in [5.74, 6) is 0.205. The van der Waals surface area contributed by atoms with Crippen LogP contribution < -0.4 is 5.56 Å². The number of thiophene rings is 1. The summed E-state index contributed by atoms with van der Waals surface area (Å²) in [5.41, 5.74) is -0.122. The van der Waals surface area contributed by atoms with Crippen molar-refractivity contribution in [2.45, 2.75) is 25.8 Å². The second-order valence-corrected chi connectivity index (χ2v) is 8.14. The van der Waals surface area contributed by atoms with Crippen LogP contribution in [0.5, 0.6) is 0 Å². The molecule has 19 heavy (non-hydrogen) atoms. The lowest BCUT2D eigenvalue weighted by atomic mass is 10.2. The highest BCUT2D eigenvalue weighted by Gasteiger charge is 2.30. The van der Waals surface area contributed by atoms with Crippen LogP contribution in [0.4, 0.5) is 0 Å². The maximum atomic E-state index is 12.4. The fourth-order valence-electron chi connectivity index (χ4n) is 2.42. The highest BCUT2D eigenvalue weighted by Crippen LogP contribution is 2.25. The van der Waals surface area contributed by atoms with Crippen LogP contribution in [-0.2, 0) is 16.3 Å². The molecule has 1 fully saturated rings. The van der Waals surface area contributed by atoms with Crippen molar-refractivity contribution in [3.8, 4) is 0 Å². The maximum absolute atomic E-state index is 12.4. The van der Waals surface area contributed by atoms with Gasteiger partial charge in [-0.25, -0.2) is 13.4 Å². The molecule has 3 rings (SSSR count). The molecule has 0 aliphatic carbocycles. The lowest BCUT2D eigenvalue weighted by Crippen LogP contribution is -2.25. The van der Waals surface area contributed by atoms with Gasteiger partial charge in [0.05, 0.1) is 29.3 Å². The highest BCUT2D eigenvalue weighted by molar-refractivity contribution is 7.91. The van der Waals surface area contributed by atoms with E-state index >= 15 is 0 Å². The molecule has 1 aliphatic rings. The second kappa shape index (κ2) is 4.42. The average molecular weight is 298 g/mol. The van der Waals surface area contributed by atoms with E-state index in [1.54, 1.807) is 0 Å². The quantitative estimate of drug-likeness (QED) is 0.840. The van der Waals surface area contributed by atoms with Gasteiger partial charge in [0.15, 0.2) is 9.84 Å². The lowest BCUT2D eigenvalue weighted by Gasteiger charge is -2.10. The van der Waals surface area contributed by atoms with Crippen LogP contribution in [0.25, 0.3) is 10.2 Å². The SMILES string of the molecule is CCc1cc2c(=O)n([C@H]3CCS(=O)(=O)C3)cnc2s1. The first-order valence-corrected chi connectivity index (χ1v) is 8.84. The number of hydrogen-bond donors (Lipinski definition) is 0. The monoisotopic (exact) mass is 298 g/mol. The summed E-state index contributed by atoms with van der Waals surface area (Å²) in [4.78, 5) is 18.5. The summed E-state index contributed by atoms with van der Waals surface area (Å²) in [6.45, 7) is 2.03. The Balaban J connectivity index is 2.11. The van der Waals surface area contributed by atoms with E-state index in [0.717, 1.165) is 16.1 Å². The molecule has 2 aromatic rings. The van der Waals surface area contributed by atoms with Crippen molar-refractivity contribution in [1.29, 1.82) is 0 Å². The summed E-state index contributed by atoms with van der Waals surface area (Å²) >= 11 is 1.52. The van der Waals surface area contributed by atoms with E-state index in [0.29, 0.717) is 11.8 Å². The normalized spacial score (nSPS) is 22.1. The third-order valence-corrected chi connectivity index (χ3v) is 6.42. The van der Waals surface area contributed by atoms with Crippen LogP contribution in [0.3, 0.4) is 0 Å². The van der Waals surface area contributed by atoms with Crippen molar-refractivity contribution in [1.82, 2.24) is 9.55 Å². The number of aryl methyl sites for hydroxylation is 1. The van der Waals surface area contributed by atoms with Crippen molar-refractivity contribution in [3.05, 3.63) is 27.6 Å². The van der Waals surface area contributed by atoms with Crippen molar-refractivity contribution in [2.24, 2.45) is 0 Å². The molecular formula is C12H14N2O3S2. The molecule has 0 N–H and O–H groups in total. The Morgan fingerprint density at radius 2 is 2.32 bits per heavy atom. The fraction of sp³-hybridized carbons (Fsp3) is 0.500. The standard InChI is InChI=1S/C12H14N2O3S2/c1-2-9-5-10-11(18-9)13-7-14(12(10)15)8-3-4-19(16,17)6-8/h5,7-8H,2-4,6H2,1H3/t8-/m0/s1. The number of nitrogens with zero attached hydrogens (tertiary/aromatic N) is 2. The van der Waals surface area contributed by atoms with Gasteiger partial charge in [-0.05, 0) is 18.9 Å². The lowest BCUT2D eigenvalue weighted by molar-refractivity contribution is 0.534. The van der Waals surface area contributed by atoms with Gasteiger partial charge in [0.2, 0.25) is 0 Å². The summed E-state index contributed by atoms with van der Waals surface area (Å²) in [6, 6.07) is 1.61. The Morgan fingerprint density at radius 3 is 2.95 bits per heavy atom. The molecule has 1 saturated heterocycles. The van der Waals surface area contributed by atoms with Gasteiger partial charge in [-0.2, -0.15) is 0 Å². The Morgan fingerprint density at radius 1 is 1.53 bits per heavy atom. The van der Waals surface area contributed by atoms with E-state index in [9.17, 15) is 13.2 Å². The summed E-state index contributed by atoms with van der Waals surface area (Å²) in [6.07, 6.45) is 2.87. The van der Waals surface area contributed by atoms with Gasteiger partial charge >= 0.3 is 0 Å². The average Bonchev–Trinajstić information content (AvgIpc) is 2.93. The van der Waals surface area contributed by atoms with Gasteiger partial charge in [0, 0.05) is 4.88 Å². The van der Waals surface area contributed by atoms with Crippen LogP contribution in [0.2, 0.25) is 0 Å². The van der Waals surface area contributed by atoms with Gasteiger partial charge in [-0.15, -0.1) is 11.3 Å². The van der Waals surface area contributed by atoms with Crippen molar-refractivity contribution >= 4 is 31.4 Å². The molecule has 0 saturated carbocycles. The molecule has 0 spiro atoms. The first-order valence-electron chi connectivity index (χ1n) is 6.20. The topological polar surface area (TPSA) is 69.0 Å². The Bertz CT molecular complexity index is 789. The molecule has 0 unspecified atom stereocenters. The Kier molecular flexibility index (Phi) is 2.98. The second-order valence-electron chi connectivity index (χ2n) is 4.80. The predicted octanol–water partition coefficient (Wildman–Crippen LogP) is 1.38. The van der Waals surface area contributed by atoms with Crippen LogP contribution in [0.15, 0.2) is 17.2 Å². The Labute approximate surface area is 114 Å². The minimum atomic E-state index is -3.00. The minimum absolute atomic E-state index is 0.0465. The van der Waals surface area contributed by atoms with E-state index in [1.165, 1.54) is 22.2 Å². The van der Waals surface area contributed by atoms with E-state index in [-0.39, 0.29) is 23.1 Å². The van der Waals surface area contributed by atoms with Gasteiger partial charge in [0.25, 0.3) is 5.56 Å². The third kappa shape index (κ3) is 2.21. The largest absolute Gasteiger partial charge is 0.294 e. The van der Waals surface area contributed by atoms with Gasteiger partial charge < -0.3 is 0 Å². The zero-order valence-corrected chi connectivity index (χ0v) is 12.1. The highest BCUT2D eigenvalue weighted by atomic mass is 32.2. The molecule has 3 heterocycles. The predicted molar refractivity (Wildman–Crippen MR) is 75.6 cm³/mol. The number of rotatable bonds is 2. The molecule has 2 aromatic heterocycles. The molecule has 0 bridgehead atoms.